The number of hydrogen-bond acceptors (Lipinski definition) is 3. The predicted molar refractivity (Wildman–Crippen MR) is 66.0 cm³/mol. The monoisotopic (exact) mass is 249 g/mol. The third kappa shape index (κ3) is 1.52. The van der Waals surface area contributed by atoms with Gasteiger partial charge in [0.15, 0.2) is 5.16 Å². The van der Waals surface area contributed by atoms with E-state index in [0.29, 0.717) is 27.1 Å². The third-order valence-corrected chi connectivity index (χ3v) is 3.18. The van der Waals surface area contributed by atoms with Gasteiger partial charge in [0.05, 0.1) is 5.39 Å². The molecule has 3 rings (SSSR count). The predicted octanol–water partition coefficient (Wildman–Crippen LogP) is 2.27. The number of halogens is 1. The molecule has 0 spiro atoms. The molecule has 0 saturated heterocycles. The molecule has 2 N–H and O–H groups in total. The average Bonchev–Trinajstić information content (AvgIpc) is 2.66. The van der Waals surface area contributed by atoms with Gasteiger partial charge in [0, 0.05) is 10.9 Å². The summed E-state index contributed by atoms with van der Waals surface area (Å²) in [6.07, 6.45) is 1.83. The third-order valence-electron chi connectivity index (χ3n) is 2.60. The summed E-state index contributed by atoms with van der Waals surface area (Å²) in [5, 5.41) is 1.49. The van der Waals surface area contributed by atoms with Crippen LogP contribution in [0.2, 0.25) is 0 Å². The maximum atomic E-state index is 13.2. The van der Waals surface area contributed by atoms with Crippen molar-refractivity contribution in [2.24, 2.45) is 0 Å². The number of rotatable bonds is 1. The molecule has 6 heteroatoms. The van der Waals surface area contributed by atoms with E-state index in [1.807, 2.05) is 6.26 Å². The van der Waals surface area contributed by atoms with Crippen molar-refractivity contribution in [1.82, 2.24) is 15.0 Å². The number of H-pyrrole nitrogens is 2. The van der Waals surface area contributed by atoms with Gasteiger partial charge < -0.3 is 9.97 Å². The molecule has 0 unspecified atom stereocenters. The van der Waals surface area contributed by atoms with Crippen LogP contribution in [0.4, 0.5) is 4.39 Å². The van der Waals surface area contributed by atoms with Crippen molar-refractivity contribution >= 4 is 33.7 Å². The number of benzene rings is 1. The standard InChI is InChI=1S/C11H8FN3OS/c1-17-11-14-9-8(10(16)15-11)6-4-5(12)2-3-7(6)13-9/h2-4H,1H3,(H2,13,14,15,16). The van der Waals surface area contributed by atoms with Crippen molar-refractivity contribution in [3.05, 3.63) is 34.4 Å². The van der Waals surface area contributed by atoms with Gasteiger partial charge >= 0.3 is 0 Å². The van der Waals surface area contributed by atoms with Crippen molar-refractivity contribution in [2.75, 3.05) is 6.26 Å². The molecule has 86 valence electrons. The molecule has 0 amide bonds. The van der Waals surface area contributed by atoms with Crippen LogP contribution in [-0.4, -0.2) is 21.2 Å². The van der Waals surface area contributed by atoms with E-state index >= 15 is 0 Å². The Kier molecular flexibility index (Phi) is 2.19. The zero-order valence-corrected chi connectivity index (χ0v) is 9.69. The maximum absolute atomic E-state index is 13.2. The van der Waals surface area contributed by atoms with Gasteiger partial charge in [0.1, 0.15) is 11.5 Å². The lowest BCUT2D eigenvalue weighted by molar-refractivity contribution is 0.630. The molecule has 0 saturated carbocycles. The summed E-state index contributed by atoms with van der Waals surface area (Å²) in [6.45, 7) is 0. The fourth-order valence-electron chi connectivity index (χ4n) is 1.85. The largest absolute Gasteiger partial charge is 0.339 e. The smallest absolute Gasteiger partial charge is 0.261 e. The summed E-state index contributed by atoms with van der Waals surface area (Å²) < 4.78 is 13.2. The Labute approximate surface area is 99.3 Å². The first-order valence-electron chi connectivity index (χ1n) is 4.94. The Hall–Kier alpha value is -1.82. The lowest BCUT2D eigenvalue weighted by Crippen LogP contribution is -2.08. The second kappa shape index (κ2) is 3.59. The normalized spacial score (nSPS) is 11.4. The average molecular weight is 249 g/mol. The van der Waals surface area contributed by atoms with Gasteiger partial charge in [-0.3, -0.25) is 4.79 Å². The Morgan fingerprint density at radius 1 is 1.35 bits per heavy atom. The van der Waals surface area contributed by atoms with Crippen LogP contribution in [0, 0.1) is 5.82 Å². The first-order chi connectivity index (χ1) is 8.19. The first kappa shape index (κ1) is 10.3. The molecule has 4 nitrogen and oxygen atoms in total. The van der Waals surface area contributed by atoms with E-state index in [4.69, 9.17) is 0 Å². The fraction of sp³-hybridized carbons (Fsp3) is 0.0909. The Morgan fingerprint density at radius 3 is 2.94 bits per heavy atom. The number of nitrogens with one attached hydrogen (secondary N) is 2. The van der Waals surface area contributed by atoms with Gasteiger partial charge in [-0.1, -0.05) is 11.8 Å². The number of nitrogens with zero attached hydrogens (tertiary/aromatic N) is 1. The number of hydrogen-bond donors (Lipinski definition) is 2. The van der Waals surface area contributed by atoms with Crippen molar-refractivity contribution in [1.29, 1.82) is 0 Å². The highest BCUT2D eigenvalue weighted by Gasteiger charge is 2.11. The van der Waals surface area contributed by atoms with E-state index in [1.54, 1.807) is 6.07 Å². The van der Waals surface area contributed by atoms with Crippen LogP contribution in [0.5, 0.6) is 0 Å². The van der Waals surface area contributed by atoms with Crippen LogP contribution >= 0.6 is 11.8 Å². The van der Waals surface area contributed by atoms with Crippen LogP contribution in [0.1, 0.15) is 0 Å². The molecule has 2 aromatic heterocycles. The molecule has 0 radical (unpaired) electrons. The second-order valence-electron chi connectivity index (χ2n) is 3.61. The molecule has 0 aliphatic heterocycles. The lowest BCUT2D eigenvalue weighted by Gasteiger charge is -1.94. The Morgan fingerprint density at radius 2 is 2.18 bits per heavy atom. The maximum Gasteiger partial charge on any atom is 0.261 e. The van der Waals surface area contributed by atoms with E-state index < -0.39 is 0 Å². The summed E-state index contributed by atoms with van der Waals surface area (Å²) in [5.74, 6) is -0.369. The summed E-state index contributed by atoms with van der Waals surface area (Å²) in [4.78, 5) is 21.8. The topological polar surface area (TPSA) is 61.5 Å². The number of aromatic amines is 2. The summed E-state index contributed by atoms with van der Waals surface area (Å²) in [5.41, 5.74) is 0.938. The van der Waals surface area contributed by atoms with Gasteiger partial charge in [-0.25, -0.2) is 9.37 Å². The van der Waals surface area contributed by atoms with Crippen molar-refractivity contribution < 1.29 is 4.39 Å². The molecular weight excluding hydrogens is 241 g/mol. The molecule has 0 atom stereocenters. The van der Waals surface area contributed by atoms with Gasteiger partial charge in [0.25, 0.3) is 5.56 Å². The molecule has 1 aromatic carbocycles. The minimum absolute atomic E-state index is 0.254. The molecule has 17 heavy (non-hydrogen) atoms. The number of fused-ring (bicyclic) bond motifs is 3. The fourth-order valence-corrected chi connectivity index (χ4v) is 2.23. The van der Waals surface area contributed by atoms with Gasteiger partial charge in [-0.2, -0.15) is 0 Å². The van der Waals surface area contributed by atoms with Crippen LogP contribution in [0.15, 0.2) is 28.2 Å². The molecule has 0 aliphatic rings. The molecule has 3 aromatic rings. The minimum Gasteiger partial charge on any atom is -0.339 e. The zero-order valence-electron chi connectivity index (χ0n) is 8.87. The minimum atomic E-state index is -0.369. The lowest BCUT2D eigenvalue weighted by atomic mass is 10.2. The highest BCUT2D eigenvalue weighted by molar-refractivity contribution is 7.98. The quantitative estimate of drug-likeness (QED) is 0.513. The Bertz CT molecular complexity index is 777. The molecular formula is C11H8FN3OS. The number of thioether (sulfide) groups is 1. The molecule has 2 heterocycles. The van der Waals surface area contributed by atoms with Gasteiger partial charge in [0.2, 0.25) is 0 Å². The van der Waals surface area contributed by atoms with E-state index in [0.717, 1.165) is 0 Å². The molecule has 0 fully saturated rings. The van der Waals surface area contributed by atoms with Crippen LogP contribution in [0.25, 0.3) is 21.9 Å². The van der Waals surface area contributed by atoms with Crippen molar-refractivity contribution in [3.63, 3.8) is 0 Å². The number of aromatic nitrogens is 3. The highest BCUT2D eigenvalue weighted by atomic mass is 32.2. The van der Waals surface area contributed by atoms with Crippen molar-refractivity contribution in [2.45, 2.75) is 5.16 Å². The van der Waals surface area contributed by atoms with E-state index in [2.05, 4.69) is 15.0 Å². The van der Waals surface area contributed by atoms with Crippen molar-refractivity contribution in [3.8, 4) is 0 Å². The summed E-state index contributed by atoms with van der Waals surface area (Å²) in [7, 11) is 0. The van der Waals surface area contributed by atoms with Crippen LogP contribution in [-0.2, 0) is 0 Å². The first-order valence-corrected chi connectivity index (χ1v) is 6.17. The zero-order chi connectivity index (χ0) is 12.0. The highest BCUT2D eigenvalue weighted by Crippen LogP contribution is 2.22. The molecule has 0 bridgehead atoms. The van der Waals surface area contributed by atoms with Crippen LogP contribution in [0.3, 0.4) is 0 Å². The van der Waals surface area contributed by atoms with E-state index in [1.165, 1.54) is 23.9 Å². The van der Waals surface area contributed by atoms with Gasteiger partial charge in [-0.15, -0.1) is 0 Å². The van der Waals surface area contributed by atoms with E-state index in [9.17, 15) is 9.18 Å². The van der Waals surface area contributed by atoms with Gasteiger partial charge in [-0.05, 0) is 24.5 Å². The SMILES string of the molecule is CSc1nc2[nH]c3ccc(F)cc3c2c(=O)[nH]1. The molecule has 0 aliphatic carbocycles. The summed E-state index contributed by atoms with van der Waals surface area (Å²) in [6, 6.07) is 4.29. The van der Waals surface area contributed by atoms with Crippen LogP contribution < -0.4 is 5.56 Å². The Balaban J connectivity index is 2.53. The summed E-state index contributed by atoms with van der Waals surface area (Å²) >= 11 is 1.35. The second-order valence-corrected chi connectivity index (χ2v) is 4.41. The van der Waals surface area contributed by atoms with E-state index in [-0.39, 0.29) is 11.4 Å².